The number of hydrogen-bond acceptors (Lipinski definition) is 1. The summed E-state index contributed by atoms with van der Waals surface area (Å²) in [6.07, 6.45) is 6.67. The van der Waals surface area contributed by atoms with Crippen molar-refractivity contribution in [3.05, 3.63) is 0 Å². The Morgan fingerprint density at radius 1 is 1.36 bits per heavy atom. The molecule has 2 fully saturated rings. The van der Waals surface area contributed by atoms with Crippen molar-refractivity contribution in [2.45, 2.75) is 45.1 Å². The van der Waals surface area contributed by atoms with Crippen LogP contribution in [0.1, 0.15) is 39.0 Å². The highest BCUT2D eigenvalue weighted by molar-refractivity contribution is 5.78. The van der Waals surface area contributed by atoms with Gasteiger partial charge in [-0.05, 0) is 31.1 Å². The Labute approximate surface area is 86.2 Å². The molecule has 0 aromatic rings. The number of rotatable bonds is 3. The monoisotopic (exact) mass is 195 g/mol. The largest absolute Gasteiger partial charge is 0.370 e. The third kappa shape index (κ3) is 2.02. The van der Waals surface area contributed by atoms with E-state index in [2.05, 4.69) is 17.2 Å². The van der Waals surface area contributed by atoms with E-state index in [9.17, 15) is 0 Å². The second kappa shape index (κ2) is 4.20. The molecule has 80 valence electrons. The van der Waals surface area contributed by atoms with Gasteiger partial charge in [-0.3, -0.25) is 4.99 Å². The van der Waals surface area contributed by atoms with Gasteiger partial charge in [0, 0.05) is 12.6 Å². The normalized spacial score (nSPS) is 36.4. The van der Waals surface area contributed by atoms with Crippen molar-refractivity contribution >= 4 is 5.96 Å². The molecule has 14 heavy (non-hydrogen) atoms. The second-order valence-corrected chi connectivity index (χ2v) is 4.55. The van der Waals surface area contributed by atoms with Gasteiger partial charge in [-0.2, -0.15) is 0 Å². The number of aliphatic imine (C=N–C) groups is 1. The maximum Gasteiger partial charge on any atom is 0.188 e. The summed E-state index contributed by atoms with van der Waals surface area (Å²) >= 11 is 0. The van der Waals surface area contributed by atoms with Gasteiger partial charge in [0.25, 0.3) is 0 Å². The summed E-state index contributed by atoms with van der Waals surface area (Å²) in [5.41, 5.74) is 5.79. The quantitative estimate of drug-likeness (QED) is 0.529. The maximum atomic E-state index is 5.79. The highest BCUT2D eigenvalue weighted by atomic mass is 15.1. The van der Waals surface area contributed by atoms with Crippen molar-refractivity contribution in [2.24, 2.45) is 22.6 Å². The molecule has 3 heteroatoms. The first kappa shape index (κ1) is 9.81. The molecule has 2 aliphatic rings. The van der Waals surface area contributed by atoms with Crippen molar-refractivity contribution in [1.29, 1.82) is 0 Å². The summed E-state index contributed by atoms with van der Waals surface area (Å²) in [4.78, 5) is 4.26. The molecule has 0 amide bonds. The van der Waals surface area contributed by atoms with Gasteiger partial charge in [0.2, 0.25) is 0 Å². The summed E-state index contributed by atoms with van der Waals surface area (Å²) in [6.45, 7) is 2.97. The van der Waals surface area contributed by atoms with Crippen LogP contribution in [0.4, 0.5) is 0 Å². The first-order valence-electron chi connectivity index (χ1n) is 5.89. The van der Waals surface area contributed by atoms with E-state index in [1.165, 1.54) is 25.7 Å². The number of hydrogen-bond donors (Lipinski definition) is 2. The third-order valence-electron chi connectivity index (χ3n) is 3.48. The average Bonchev–Trinajstić information content (AvgIpc) is 2.89. The summed E-state index contributed by atoms with van der Waals surface area (Å²) < 4.78 is 0. The SMILES string of the molecule is CCCN=C(N)NC1C2CCCCC21. The zero-order valence-electron chi connectivity index (χ0n) is 9.00. The molecule has 0 bridgehead atoms. The molecule has 2 unspecified atom stereocenters. The van der Waals surface area contributed by atoms with E-state index in [1.54, 1.807) is 0 Å². The molecule has 2 rings (SSSR count). The van der Waals surface area contributed by atoms with Gasteiger partial charge < -0.3 is 11.1 Å². The predicted octanol–water partition coefficient (Wildman–Crippen LogP) is 1.49. The minimum absolute atomic E-state index is 0.651. The van der Waals surface area contributed by atoms with Gasteiger partial charge in [-0.1, -0.05) is 19.8 Å². The van der Waals surface area contributed by atoms with E-state index < -0.39 is 0 Å². The number of fused-ring (bicyclic) bond motifs is 1. The minimum atomic E-state index is 0.651. The van der Waals surface area contributed by atoms with Crippen LogP contribution in [0.2, 0.25) is 0 Å². The van der Waals surface area contributed by atoms with Crippen molar-refractivity contribution in [1.82, 2.24) is 5.32 Å². The van der Waals surface area contributed by atoms with Gasteiger partial charge in [0.05, 0.1) is 0 Å². The molecule has 0 aromatic carbocycles. The second-order valence-electron chi connectivity index (χ2n) is 4.55. The number of nitrogens with two attached hydrogens (primary N) is 1. The van der Waals surface area contributed by atoms with Crippen LogP contribution in [0, 0.1) is 11.8 Å². The maximum absolute atomic E-state index is 5.79. The lowest BCUT2D eigenvalue weighted by Crippen LogP contribution is -2.35. The molecule has 2 aliphatic carbocycles. The zero-order chi connectivity index (χ0) is 9.97. The van der Waals surface area contributed by atoms with Crippen molar-refractivity contribution in [2.75, 3.05) is 6.54 Å². The molecule has 3 N–H and O–H groups in total. The van der Waals surface area contributed by atoms with E-state index in [-0.39, 0.29) is 0 Å². The third-order valence-corrected chi connectivity index (χ3v) is 3.48. The molecule has 2 atom stereocenters. The molecule has 0 aromatic heterocycles. The Kier molecular flexibility index (Phi) is 2.94. The summed E-state index contributed by atoms with van der Waals surface area (Å²) in [5, 5.41) is 3.36. The van der Waals surface area contributed by atoms with Crippen LogP contribution >= 0.6 is 0 Å². The highest BCUT2D eigenvalue weighted by Gasteiger charge is 2.50. The Balaban J connectivity index is 1.76. The molecule has 0 aliphatic heterocycles. The van der Waals surface area contributed by atoms with Crippen LogP contribution in [0.5, 0.6) is 0 Å². The van der Waals surface area contributed by atoms with Crippen LogP contribution in [-0.4, -0.2) is 18.5 Å². The molecule has 3 nitrogen and oxygen atoms in total. The Bertz CT molecular complexity index is 213. The van der Waals surface area contributed by atoms with E-state index in [4.69, 9.17) is 5.73 Å². The summed E-state index contributed by atoms with van der Waals surface area (Å²) in [6, 6.07) is 0.651. The lowest BCUT2D eigenvalue weighted by Gasteiger charge is -2.04. The van der Waals surface area contributed by atoms with E-state index in [0.29, 0.717) is 12.0 Å². The van der Waals surface area contributed by atoms with Crippen molar-refractivity contribution < 1.29 is 0 Å². The molecule has 0 heterocycles. The van der Waals surface area contributed by atoms with Crippen LogP contribution in [0.25, 0.3) is 0 Å². The van der Waals surface area contributed by atoms with Crippen LogP contribution in [0.3, 0.4) is 0 Å². The first-order valence-corrected chi connectivity index (χ1v) is 5.89. The average molecular weight is 195 g/mol. The molecule has 2 saturated carbocycles. The Morgan fingerprint density at radius 2 is 2.00 bits per heavy atom. The predicted molar refractivity (Wildman–Crippen MR) is 59.2 cm³/mol. The molecular formula is C11H21N3. The lowest BCUT2D eigenvalue weighted by atomic mass is 10.0. The van der Waals surface area contributed by atoms with Gasteiger partial charge in [0.15, 0.2) is 5.96 Å². The van der Waals surface area contributed by atoms with Gasteiger partial charge >= 0.3 is 0 Å². The highest BCUT2D eigenvalue weighted by Crippen LogP contribution is 2.49. The van der Waals surface area contributed by atoms with Crippen molar-refractivity contribution in [3.63, 3.8) is 0 Å². The van der Waals surface area contributed by atoms with Crippen molar-refractivity contribution in [3.8, 4) is 0 Å². The zero-order valence-corrected chi connectivity index (χ0v) is 9.00. The fourth-order valence-corrected chi connectivity index (χ4v) is 2.66. The fraction of sp³-hybridized carbons (Fsp3) is 0.909. The molecule has 0 saturated heterocycles. The van der Waals surface area contributed by atoms with E-state index in [0.717, 1.165) is 24.8 Å². The summed E-state index contributed by atoms with van der Waals surface area (Å²) in [5.74, 6) is 2.46. The fourth-order valence-electron chi connectivity index (χ4n) is 2.66. The standard InChI is InChI=1S/C11H21N3/c1-2-7-13-11(12)14-10-8-5-3-4-6-9(8)10/h8-10H,2-7H2,1H3,(H3,12,13,14). The van der Waals surface area contributed by atoms with Crippen LogP contribution in [-0.2, 0) is 0 Å². The van der Waals surface area contributed by atoms with Crippen LogP contribution in [0.15, 0.2) is 4.99 Å². The topological polar surface area (TPSA) is 50.4 Å². The van der Waals surface area contributed by atoms with E-state index in [1.807, 2.05) is 0 Å². The lowest BCUT2D eigenvalue weighted by molar-refractivity contribution is 0.480. The van der Waals surface area contributed by atoms with E-state index >= 15 is 0 Å². The summed E-state index contributed by atoms with van der Waals surface area (Å²) in [7, 11) is 0. The first-order chi connectivity index (χ1) is 6.83. The van der Waals surface area contributed by atoms with Crippen LogP contribution < -0.4 is 11.1 Å². The molecule has 0 radical (unpaired) electrons. The Hall–Kier alpha value is -0.730. The minimum Gasteiger partial charge on any atom is -0.370 e. The number of guanidine groups is 1. The van der Waals surface area contributed by atoms with Gasteiger partial charge in [-0.15, -0.1) is 0 Å². The number of nitrogens with one attached hydrogen (secondary N) is 1. The molecule has 0 spiro atoms. The van der Waals surface area contributed by atoms with Gasteiger partial charge in [0.1, 0.15) is 0 Å². The van der Waals surface area contributed by atoms with Gasteiger partial charge in [-0.25, -0.2) is 0 Å². The molecular weight excluding hydrogens is 174 g/mol. The Morgan fingerprint density at radius 3 is 2.57 bits per heavy atom. The number of nitrogens with zero attached hydrogens (tertiary/aromatic N) is 1. The smallest absolute Gasteiger partial charge is 0.188 e.